The zero-order valence-corrected chi connectivity index (χ0v) is 19.8. The van der Waals surface area contributed by atoms with Gasteiger partial charge < -0.3 is 15.4 Å². The molecule has 0 radical (unpaired) electrons. The third kappa shape index (κ3) is 4.21. The molecular weight excluding hydrogens is 426 g/mol. The molecule has 2 aromatic heterocycles. The third-order valence-electron chi connectivity index (χ3n) is 7.76. The van der Waals surface area contributed by atoms with E-state index >= 15 is 0 Å². The van der Waals surface area contributed by atoms with Crippen LogP contribution in [0.3, 0.4) is 0 Å². The van der Waals surface area contributed by atoms with Gasteiger partial charge in [-0.1, -0.05) is 0 Å². The molecule has 0 spiro atoms. The van der Waals surface area contributed by atoms with Crippen LogP contribution in [0.25, 0.3) is 11.3 Å². The van der Waals surface area contributed by atoms with Gasteiger partial charge in [0.2, 0.25) is 0 Å². The van der Waals surface area contributed by atoms with Crippen molar-refractivity contribution in [1.29, 1.82) is 0 Å². The van der Waals surface area contributed by atoms with Crippen molar-refractivity contribution in [3.8, 4) is 17.0 Å². The average molecular weight is 461 g/mol. The topological polar surface area (TPSA) is 72.4 Å². The standard InChI is InChI=1S/C24H34F2N6O/c1-13(2)32-20(10-19(29-32)15-7-21(33-24(25)26)23(27)28-11-15)22-17-8-16(9-18(17)22)31-6-5-30(4)12-14(31)3/h7,10-11,13-14,16-18,22,24H,5-6,8-9,12H2,1-4H3,(H2,27,28)/t14-,16?,17-,18+,22+/m0/s1. The van der Waals surface area contributed by atoms with Crippen LogP contribution in [0.2, 0.25) is 0 Å². The van der Waals surface area contributed by atoms with Crippen molar-refractivity contribution in [3.05, 3.63) is 24.0 Å². The first-order chi connectivity index (χ1) is 15.7. The van der Waals surface area contributed by atoms with E-state index in [2.05, 4.69) is 58.1 Å². The highest BCUT2D eigenvalue weighted by Crippen LogP contribution is 2.64. The van der Waals surface area contributed by atoms with Crippen LogP contribution in [-0.2, 0) is 0 Å². The number of pyridine rings is 1. The second-order valence-electron chi connectivity index (χ2n) is 10.3. The molecule has 2 aliphatic carbocycles. The largest absolute Gasteiger partial charge is 0.431 e. The second kappa shape index (κ2) is 8.51. The Bertz CT molecular complexity index is 999. The smallest absolute Gasteiger partial charge is 0.387 e. The maximum atomic E-state index is 12.7. The van der Waals surface area contributed by atoms with Crippen LogP contribution in [0.4, 0.5) is 14.6 Å². The third-order valence-corrected chi connectivity index (χ3v) is 7.76. The fraction of sp³-hybridized carbons (Fsp3) is 0.667. The summed E-state index contributed by atoms with van der Waals surface area (Å²) in [4.78, 5) is 9.19. The quantitative estimate of drug-likeness (QED) is 0.706. The molecule has 3 aliphatic rings. The number of hydrogen-bond acceptors (Lipinski definition) is 6. The Balaban J connectivity index is 1.34. The lowest BCUT2D eigenvalue weighted by Crippen LogP contribution is -2.54. The summed E-state index contributed by atoms with van der Waals surface area (Å²) in [6.45, 7) is 7.11. The van der Waals surface area contributed by atoms with Gasteiger partial charge >= 0.3 is 6.61 Å². The van der Waals surface area contributed by atoms with Crippen LogP contribution < -0.4 is 10.5 Å². The Hall–Kier alpha value is -2.26. The molecule has 9 heteroatoms. The SMILES string of the molecule is CC(C)n1nc(-c2cnc(N)c(OC(F)F)c2)cc1[C@H]1[C@@H]2CC(N3CCN(C)C[C@@H]3C)C[C@@H]21. The summed E-state index contributed by atoms with van der Waals surface area (Å²) < 4.78 is 32.1. The number of halogens is 2. The van der Waals surface area contributed by atoms with E-state index in [-0.39, 0.29) is 17.6 Å². The van der Waals surface area contributed by atoms with Crippen molar-refractivity contribution in [2.24, 2.45) is 11.8 Å². The maximum Gasteiger partial charge on any atom is 0.387 e. The van der Waals surface area contributed by atoms with E-state index in [9.17, 15) is 8.78 Å². The summed E-state index contributed by atoms with van der Waals surface area (Å²) in [5.41, 5.74) is 8.31. The first-order valence-corrected chi connectivity index (χ1v) is 12.0. The van der Waals surface area contributed by atoms with Crippen molar-refractivity contribution >= 4 is 5.82 Å². The fourth-order valence-electron chi connectivity index (χ4n) is 6.22. The first-order valence-electron chi connectivity index (χ1n) is 12.0. The van der Waals surface area contributed by atoms with E-state index in [1.807, 2.05) is 0 Å². The molecule has 33 heavy (non-hydrogen) atoms. The van der Waals surface area contributed by atoms with Crippen LogP contribution in [0.5, 0.6) is 5.75 Å². The lowest BCUT2D eigenvalue weighted by Gasteiger charge is -2.42. The lowest BCUT2D eigenvalue weighted by molar-refractivity contribution is -0.0494. The van der Waals surface area contributed by atoms with Crippen molar-refractivity contribution in [3.63, 3.8) is 0 Å². The fourth-order valence-corrected chi connectivity index (χ4v) is 6.22. The van der Waals surface area contributed by atoms with Gasteiger partial charge in [0.15, 0.2) is 11.6 Å². The Morgan fingerprint density at radius 3 is 2.52 bits per heavy atom. The monoisotopic (exact) mass is 460 g/mol. The summed E-state index contributed by atoms with van der Waals surface area (Å²) in [6.07, 6.45) is 4.07. The minimum absolute atomic E-state index is 0.0523. The molecule has 2 aromatic rings. The molecule has 0 aromatic carbocycles. The number of rotatable bonds is 6. The molecule has 1 saturated heterocycles. The summed E-state index contributed by atoms with van der Waals surface area (Å²) in [5, 5.41) is 4.82. The highest BCUT2D eigenvalue weighted by molar-refractivity contribution is 5.64. The number of hydrogen-bond donors (Lipinski definition) is 1. The Morgan fingerprint density at radius 2 is 1.88 bits per heavy atom. The summed E-state index contributed by atoms with van der Waals surface area (Å²) >= 11 is 0. The maximum absolute atomic E-state index is 12.7. The average Bonchev–Trinajstić information content (AvgIpc) is 3.09. The van der Waals surface area contributed by atoms with E-state index < -0.39 is 6.61 Å². The molecule has 2 saturated carbocycles. The summed E-state index contributed by atoms with van der Waals surface area (Å²) in [5.74, 6) is 1.75. The molecule has 3 heterocycles. The Labute approximate surface area is 193 Å². The lowest BCUT2D eigenvalue weighted by atomic mass is 10.00. The van der Waals surface area contributed by atoms with Gasteiger partial charge in [0.1, 0.15) is 0 Å². The van der Waals surface area contributed by atoms with Gasteiger partial charge in [-0.15, -0.1) is 0 Å². The van der Waals surface area contributed by atoms with Gasteiger partial charge in [0, 0.05) is 61.1 Å². The number of alkyl halides is 2. The van der Waals surface area contributed by atoms with Gasteiger partial charge in [-0.3, -0.25) is 9.58 Å². The van der Waals surface area contributed by atoms with Crippen LogP contribution in [0.15, 0.2) is 18.3 Å². The van der Waals surface area contributed by atoms with Crippen molar-refractivity contribution in [2.45, 2.75) is 64.3 Å². The number of nitrogens with zero attached hydrogens (tertiary/aromatic N) is 5. The minimum atomic E-state index is -2.95. The molecular formula is C24H34F2N6O. The van der Waals surface area contributed by atoms with Crippen LogP contribution in [0.1, 0.15) is 51.3 Å². The molecule has 180 valence electrons. The van der Waals surface area contributed by atoms with Crippen molar-refractivity contribution in [1.82, 2.24) is 24.6 Å². The number of piperazine rings is 1. The first kappa shape index (κ1) is 22.5. The minimum Gasteiger partial charge on any atom is -0.431 e. The summed E-state index contributed by atoms with van der Waals surface area (Å²) in [7, 11) is 2.21. The number of aromatic nitrogens is 3. The Morgan fingerprint density at radius 1 is 1.15 bits per heavy atom. The molecule has 0 bridgehead atoms. The van der Waals surface area contributed by atoms with Gasteiger partial charge in [-0.25, -0.2) is 4.98 Å². The van der Waals surface area contributed by atoms with Crippen LogP contribution >= 0.6 is 0 Å². The highest BCUT2D eigenvalue weighted by atomic mass is 19.3. The molecule has 5 atom stereocenters. The molecule has 3 fully saturated rings. The number of nitrogens with two attached hydrogens (primary N) is 1. The normalized spacial score (nSPS) is 30.2. The predicted octanol–water partition coefficient (Wildman–Crippen LogP) is 3.84. The molecule has 7 nitrogen and oxygen atoms in total. The second-order valence-corrected chi connectivity index (χ2v) is 10.3. The number of fused-ring (bicyclic) bond motifs is 1. The molecule has 2 N–H and O–H groups in total. The van der Waals surface area contributed by atoms with Crippen molar-refractivity contribution < 1.29 is 13.5 Å². The Kier molecular flexibility index (Phi) is 5.81. The van der Waals surface area contributed by atoms with Gasteiger partial charge in [0.25, 0.3) is 0 Å². The van der Waals surface area contributed by atoms with Gasteiger partial charge in [-0.05, 0) is 64.6 Å². The molecule has 0 amide bonds. The van der Waals surface area contributed by atoms with E-state index in [1.165, 1.54) is 24.6 Å². The molecule has 1 aliphatic heterocycles. The molecule has 5 rings (SSSR count). The number of anilines is 1. The van der Waals surface area contributed by atoms with E-state index in [0.717, 1.165) is 25.3 Å². The van der Waals surface area contributed by atoms with E-state index in [0.29, 0.717) is 35.4 Å². The van der Waals surface area contributed by atoms with Crippen LogP contribution in [-0.4, -0.2) is 69.9 Å². The van der Waals surface area contributed by atoms with Crippen LogP contribution in [0, 0.1) is 11.8 Å². The van der Waals surface area contributed by atoms with E-state index in [1.54, 1.807) is 6.20 Å². The zero-order chi connectivity index (χ0) is 23.4. The zero-order valence-electron chi connectivity index (χ0n) is 19.8. The number of nitrogen functional groups attached to an aromatic ring is 1. The number of likely N-dealkylation sites (N-methyl/N-ethyl adjacent to an activating group) is 1. The number of ether oxygens (including phenoxy) is 1. The van der Waals surface area contributed by atoms with Gasteiger partial charge in [-0.2, -0.15) is 13.9 Å². The summed E-state index contributed by atoms with van der Waals surface area (Å²) in [6, 6.07) is 5.12. The van der Waals surface area contributed by atoms with E-state index in [4.69, 9.17) is 10.8 Å². The molecule has 1 unspecified atom stereocenters. The highest BCUT2D eigenvalue weighted by Gasteiger charge is 2.59. The van der Waals surface area contributed by atoms with Crippen molar-refractivity contribution in [2.75, 3.05) is 32.4 Å². The predicted molar refractivity (Wildman–Crippen MR) is 123 cm³/mol. The van der Waals surface area contributed by atoms with Gasteiger partial charge in [0.05, 0.1) is 5.69 Å².